The Kier molecular flexibility index (Phi) is 7.52. The van der Waals surface area contributed by atoms with E-state index in [9.17, 15) is 5.11 Å². The Morgan fingerprint density at radius 2 is 2.08 bits per heavy atom. The summed E-state index contributed by atoms with van der Waals surface area (Å²) in [6.07, 6.45) is 3.99. The Labute approximate surface area is 152 Å². The molecule has 0 amide bonds. The monoisotopic (exact) mass is 342 g/mol. The van der Waals surface area contributed by atoms with E-state index in [1.807, 2.05) is 26.0 Å². The number of hydrogen-bond donors (Lipinski definition) is 1. The van der Waals surface area contributed by atoms with Gasteiger partial charge in [-0.2, -0.15) is 5.06 Å². The summed E-state index contributed by atoms with van der Waals surface area (Å²) in [5, 5.41) is 12.1. The van der Waals surface area contributed by atoms with Gasteiger partial charge in [-0.15, -0.1) is 0 Å². The van der Waals surface area contributed by atoms with Gasteiger partial charge in [0.05, 0.1) is 12.6 Å². The molecule has 1 aromatic rings. The Bertz CT molecular complexity index is 591. The lowest BCUT2D eigenvalue weighted by Crippen LogP contribution is -2.48. The van der Waals surface area contributed by atoms with Crippen LogP contribution >= 0.6 is 0 Å². The number of rotatable bonds is 7. The molecule has 2 atom stereocenters. The number of benzene rings is 1. The van der Waals surface area contributed by atoms with E-state index in [2.05, 4.69) is 30.9 Å². The van der Waals surface area contributed by atoms with Gasteiger partial charge in [0.1, 0.15) is 11.8 Å². The second-order valence-corrected chi connectivity index (χ2v) is 6.86. The topological polar surface area (TPSA) is 41.9 Å². The second-order valence-electron chi connectivity index (χ2n) is 6.86. The van der Waals surface area contributed by atoms with Crippen LogP contribution in [0.4, 0.5) is 0 Å². The van der Waals surface area contributed by atoms with Crippen molar-refractivity contribution in [3.05, 3.63) is 35.4 Å². The predicted octanol–water partition coefficient (Wildman–Crippen LogP) is 3.17. The van der Waals surface area contributed by atoms with Crippen LogP contribution in [0.3, 0.4) is 0 Å². The molecule has 1 aliphatic heterocycles. The van der Waals surface area contributed by atoms with E-state index in [1.165, 1.54) is 24.8 Å². The fraction of sp³-hybridized carbons (Fsp3) is 0.600. The van der Waals surface area contributed by atoms with Crippen LogP contribution in [0.15, 0.2) is 24.3 Å². The lowest BCUT2D eigenvalue weighted by atomic mass is 10.0. The van der Waals surface area contributed by atoms with Gasteiger partial charge in [0.2, 0.25) is 0 Å². The molecule has 5 heteroatoms. The molecule has 1 saturated heterocycles. The van der Waals surface area contributed by atoms with Crippen molar-refractivity contribution in [2.24, 2.45) is 0 Å². The zero-order valence-corrected chi connectivity index (χ0v) is 15.8. The zero-order chi connectivity index (χ0) is 18.3. The van der Waals surface area contributed by atoms with E-state index in [0.29, 0.717) is 6.61 Å². The number of nitrogens with zero attached hydrogens (tertiary/aromatic N) is 1. The van der Waals surface area contributed by atoms with Crippen molar-refractivity contribution in [3.63, 3.8) is 0 Å². The summed E-state index contributed by atoms with van der Waals surface area (Å²) in [7, 11) is 1.58. The molecule has 1 aliphatic rings. The van der Waals surface area contributed by atoms with Crippen LogP contribution in [0.1, 0.15) is 51.2 Å². The van der Waals surface area contributed by atoms with Crippen LogP contribution in [0, 0.1) is 11.8 Å². The maximum Gasteiger partial charge on any atom is 0.321 e. The molecule has 2 rings (SSSR count). The molecule has 0 aliphatic carbocycles. The van der Waals surface area contributed by atoms with Crippen molar-refractivity contribution in [1.82, 2.24) is 5.06 Å². The van der Waals surface area contributed by atoms with Crippen LogP contribution in [0.5, 0.6) is 0 Å². The molecule has 0 bridgehead atoms. The first-order chi connectivity index (χ1) is 12.0. The van der Waals surface area contributed by atoms with Gasteiger partial charge >= 0.3 is 7.48 Å². The largest absolute Gasteiger partial charge is 0.379 e. The molecule has 0 saturated carbocycles. The maximum absolute atomic E-state index is 10.4. The van der Waals surface area contributed by atoms with Gasteiger partial charge in [-0.05, 0) is 44.4 Å². The molecule has 1 N–H and O–H groups in total. The quantitative estimate of drug-likeness (QED) is 0.470. The number of unbranched alkanes of at least 4 members (excludes halogenated alkanes) is 2. The first-order valence-electron chi connectivity index (χ1n) is 9.14. The summed E-state index contributed by atoms with van der Waals surface area (Å²) in [6.45, 7) is 8.21. The molecule has 0 unspecified atom stereocenters. The van der Waals surface area contributed by atoms with Gasteiger partial charge in [-0.3, -0.25) is 0 Å². The van der Waals surface area contributed by atoms with E-state index in [1.54, 1.807) is 19.4 Å². The molecule has 0 aromatic heterocycles. The predicted molar refractivity (Wildman–Crippen MR) is 101 cm³/mol. The van der Waals surface area contributed by atoms with Gasteiger partial charge in [-0.25, -0.2) is 0 Å². The standard InChI is InChI=1S/C20H29BNO3/c1-5-6-7-8-16-9-11-17(12-10-16)13-14-19(23)18-15-24-20(2,3)22(18)25-21-4/h9-12,18-19,23H,5-8,15H2,1-4H3/t18-,19+/m1/s1. The van der Waals surface area contributed by atoms with Crippen LogP contribution in [0.2, 0.25) is 6.82 Å². The van der Waals surface area contributed by atoms with E-state index in [4.69, 9.17) is 9.49 Å². The molecule has 1 fully saturated rings. The third kappa shape index (κ3) is 5.59. The average molecular weight is 342 g/mol. The normalized spacial score (nSPS) is 20.8. The summed E-state index contributed by atoms with van der Waals surface area (Å²) in [4.78, 5) is 0. The van der Waals surface area contributed by atoms with Crippen molar-refractivity contribution in [2.75, 3.05) is 6.61 Å². The highest BCUT2D eigenvalue weighted by Gasteiger charge is 2.44. The van der Waals surface area contributed by atoms with Crippen molar-refractivity contribution in [3.8, 4) is 11.8 Å². The Balaban J connectivity index is 1.97. The molecule has 135 valence electrons. The second kappa shape index (κ2) is 9.40. The molecule has 1 heterocycles. The summed E-state index contributed by atoms with van der Waals surface area (Å²) >= 11 is 0. The van der Waals surface area contributed by atoms with Crippen LogP contribution in [-0.4, -0.2) is 42.1 Å². The molecule has 1 radical (unpaired) electrons. The molecular formula is C20H29BNO3. The lowest BCUT2D eigenvalue weighted by Gasteiger charge is -2.33. The van der Waals surface area contributed by atoms with Crippen LogP contribution in [-0.2, 0) is 15.9 Å². The highest BCUT2D eigenvalue weighted by atomic mass is 16.7. The molecule has 1 aromatic carbocycles. The molecule has 0 spiro atoms. The summed E-state index contributed by atoms with van der Waals surface area (Å²) in [5.41, 5.74) is 1.66. The summed E-state index contributed by atoms with van der Waals surface area (Å²) in [5.74, 6) is 5.99. The van der Waals surface area contributed by atoms with Crippen molar-refractivity contribution < 1.29 is 14.6 Å². The third-order valence-electron chi connectivity index (χ3n) is 4.41. The Morgan fingerprint density at radius 3 is 2.72 bits per heavy atom. The van der Waals surface area contributed by atoms with Crippen molar-refractivity contribution in [1.29, 1.82) is 0 Å². The van der Waals surface area contributed by atoms with E-state index < -0.39 is 11.8 Å². The Morgan fingerprint density at radius 1 is 1.36 bits per heavy atom. The minimum atomic E-state index is -0.842. The highest BCUT2D eigenvalue weighted by molar-refractivity contribution is 6.24. The van der Waals surface area contributed by atoms with Gasteiger partial charge < -0.3 is 14.6 Å². The number of hydrogen-bond acceptors (Lipinski definition) is 4. The van der Waals surface area contributed by atoms with E-state index >= 15 is 0 Å². The minimum Gasteiger partial charge on any atom is -0.379 e. The van der Waals surface area contributed by atoms with Crippen molar-refractivity contribution in [2.45, 2.75) is 71.1 Å². The summed E-state index contributed by atoms with van der Waals surface area (Å²) < 4.78 is 11.2. The zero-order valence-electron chi connectivity index (χ0n) is 15.8. The maximum atomic E-state index is 10.4. The van der Waals surface area contributed by atoms with Gasteiger partial charge in [0.25, 0.3) is 0 Å². The minimum absolute atomic E-state index is 0.313. The van der Waals surface area contributed by atoms with Crippen LogP contribution in [0.25, 0.3) is 0 Å². The lowest BCUT2D eigenvalue weighted by molar-refractivity contribution is -0.202. The number of aliphatic hydroxyl groups excluding tert-OH is 1. The number of hydroxylamine groups is 2. The first kappa shape index (κ1) is 20.0. The fourth-order valence-corrected chi connectivity index (χ4v) is 2.95. The third-order valence-corrected chi connectivity index (χ3v) is 4.41. The molecule has 4 nitrogen and oxygen atoms in total. The fourth-order valence-electron chi connectivity index (χ4n) is 2.95. The van der Waals surface area contributed by atoms with Crippen molar-refractivity contribution >= 4 is 7.48 Å². The highest BCUT2D eigenvalue weighted by Crippen LogP contribution is 2.28. The van der Waals surface area contributed by atoms with Crippen LogP contribution < -0.4 is 0 Å². The van der Waals surface area contributed by atoms with E-state index in [0.717, 1.165) is 12.0 Å². The van der Waals surface area contributed by atoms with Gasteiger partial charge in [0, 0.05) is 5.56 Å². The number of aliphatic hydroxyl groups is 1. The number of ether oxygens (including phenoxy) is 1. The SMILES string of the molecule is C[B]ON1[C@@H]([C@@H](O)C#Cc2ccc(CCCCC)cc2)COC1(C)C. The number of aryl methyl sites for hydroxylation is 1. The van der Waals surface area contributed by atoms with E-state index in [-0.39, 0.29) is 6.04 Å². The summed E-state index contributed by atoms with van der Waals surface area (Å²) in [6, 6.07) is 7.96. The van der Waals surface area contributed by atoms with Gasteiger partial charge in [-0.1, -0.05) is 50.6 Å². The Hall–Kier alpha value is -1.32. The first-order valence-corrected chi connectivity index (χ1v) is 9.14. The average Bonchev–Trinajstić information content (AvgIpc) is 2.89. The molecule has 25 heavy (non-hydrogen) atoms. The molecular weight excluding hydrogens is 313 g/mol. The smallest absolute Gasteiger partial charge is 0.321 e. The van der Waals surface area contributed by atoms with Gasteiger partial charge in [0.15, 0.2) is 0 Å².